The summed E-state index contributed by atoms with van der Waals surface area (Å²) in [5.41, 5.74) is -0.538. The van der Waals surface area contributed by atoms with Crippen molar-refractivity contribution in [3.63, 3.8) is 0 Å². The van der Waals surface area contributed by atoms with Gasteiger partial charge in [-0.1, -0.05) is 0 Å². The average molecular weight is 418 g/mol. The summed E-state index contributed by atoms with van der Waals surface area (Å²) in [6, 6.07) is 3.61. The number of ether oxygens (including phenoxy) is 1. The van der Waals surface area contributed by atoms with Gasteiger partial charge in [0.05, 0.1) is 11.1 Å². The number of nitrogens with one attached hydrogen (secondary N) is 1. The Morgan fingerprint density at radius 3 is 2.30 bits per heavy atom. The van der Waals surface area contributed by atoms with Gasteiger partial charge in [-0.2, -0.15) is 0 Å². The van der Waals surface area contributed by atoms with E-state index in [2.05, 4.69) is 4.72 Å². The van der Waals surface area contributed by atoms with Gasteiger partial charge >= 0.3 is 6.09 Å². The van der Waals surface area contributed by atoms with Gasteiger partial charge in [-0.15, -0.1) is 11.3 Å². The highest BCUT2D eigenvalue weighted by Crippen LogP contribution is 2.20. The lowest BCUT2D eigenvalue weighted by Crippen LogP contribution is -2.51. The van der Waals surface area contributed by atoms with Gasteiger partial charge in [0, 0.05) is 37.6 Å². The van der Waals surface area contributed by atoms with Crippen molar-refractivity contribution >= 4 is 33.4 Å². The Morgan fingerprint density at radius 1 is 1.15 bits per heavy atom. The molecule has 1 fully saturated rings. The maximum absolute atomic E-state index is 12.6. The van der Waals surface area contributed by atoms with E-state index in [1.54, 1.807) is 15.9 Å². The van der Waals surface area contributed by atoms with Crippen molar-refractivity contribution in [1.29, 1.82) is 0 Å². The minimum Gasteiger partial charge on any atom is -0.444 e. The largest absolute Gasteiger partial charge is 0.444 e. The molecule has 0 bridgehead atoms. The maximum Gasteiger partial charge on any atom is 0.410 e. The molecule has 0 aromatic carbocycles. The summed E-state index contributed by atoms with van der Waals surface area (Å²) in [5, 5.41) is 0. The van der Waals surface area contributed by atoms with Gasteiger partial charge < -0.3 is 14.5 Å². The number of nitrogens with zero attached hydrogens (tertiary/aromatic N) is 2. The summed E-state index contributed by atoms with van der Waals surface area (Å²) < 4.78 is 30.0. The van der Waals surface area contributed by atoms with E-state index in [-0.39, 0.29) is 12.0 Å². The molecule has 0 spiro atoms. The molecule has 1 aliphatic rings. The van der Waals surface area contributed by atoms with E-state index in [1.165, 1.54) is 11.3 Å². The molecule has 0 atom stereocenters. The monoisotopic (exact) mass is 417 g/mol. The molecule has 10 heteroatoms. The first kappa shape index (κ1) is 21.6. The van der Waals surface area contributed by atoms with E-state index in [9.17, 15) is 18.0 Å². The predicted octanol–water partition coefficient (Wildman–Crippen LogP) is 1.53. The minimum absolute atomic E-state index is 0.0637. The van der Waals surface area contributed by atoms with Crippen molar-refractivity contribution in [3.05, 3.63) is 21.9 Å². The second-order valence-electron chi connectivity index (χ2n) is 7.44. The van der Waals surface area contributed by atoms with E-state index < -0.39 is 15.6 Å². The van der Waals surface area contributed by atoms with Crippen molar-refractivity contribution in [2.45, 2.75) is 32.8 Å². The summed E-state index contributed by atoms with van der Waals surface area (Å²) in [4.78, 5) is 29.6. The summed E-state index contributed by atoms with van der Waals surface area (Å²) in [5.74, 6) is -0.0637. The van der Waals surface area contributed by atoms with Crippen LogP contribution in [0.15, 0.2) is 12.1 Å². The molecule has 27 heavy (non-hydrogen) atoms. The molecule has 2 rings (SSSR count). The zero-order chi connectivity index (χ0) is 20.2. The fourth-order valence-electron chi connectivity index (χ4n) is 2.56. The van der Waals surface area contributed by atoms with Crippen molar-refractivity contribution in [1.82, 2.24) is 14.5 Å². The van der Waals surface area contributed by atoms with Crippen LogP contribution < -0.4 is 4.72 Å². The number of hydrogen-bond donors (Lipinski definition) is 1. The number of sulfonamides is 1. The number of carbonyl (C=O) groups excluding carboxylic acids is 2. The standard InChI is InChI=1S/C17H27N3O5S2/c1-17(2,3)25-16(22)20-11-9-19(10-12-20)15(21)14-6-5-13(26-14)7-8-18-27(4,23)24/h5-6,18H,7-12H2,1-4H3. The molecule has 1 N–H and O–H groups in total. The Bertz CT molecular complexity index is 775. The van der Waals surface area contributed by atoms with Gasteiger partial charge in [0.2, 0.25) is 10.0 Å². The average Bonchev–Trinajstić information content (AvgIpc) is 3.00. The highest BCUT2D eigenvalue weighted by molar-refractivity contribution is 7.88. The van der Waals surface area contributed by atoms with Crippen LogP contribution in [0.2, 0.25) is 0 Å². The fourth-order valence-corrected chi connectivity index (χ4v) is 4.01. The second kappa shape index (κ2) is 8.57. The molecule has 0 saturated carbocycles. The lowest BCUT2D eigenvalue weighted by atomic mass is 10.2. The molecule has 0 aliphatic carbocycles. The topological polar surface area (TPSA) is 96.0 Å². The van der Waals surface area contributed by atoms with Gasteiger partial charge in [-0.25, -0.2) is 17.9 Å². The normalized spacial score (nSPS) is 15.7. The third-order valence-electron chi connectivity index (χ3n) is 3.83. The summed E-state index contributed by atoms with van der Waals surface area (Å²) in [7, 11) is -3.21. The third kappa shape index (κ3) is 7.11. The Hall–Kier alpha value is -1.65. The van der Waals surface area contributed by atoms with Gasteiger partial charge in [-0.3, -0.25) is 4.79 Å². The van der Waals surface area contributed by atoms with Crippen LogP contribution in [0, 0.1) is 0 Å². The number of thiophene rings is 1. The molecular weight excluding hydrogens is 390 g/mol. The lowest BCUT2D eigenvalue weighted by Gasteiger charge is -2.35. The Morgan fingerprint density at radius 2 is 1.74 bits per heavy atom. The number of piperazine rings is 1. The second-order valence-corrected chi connectivity index (χ2v) is 10.4. The zero-order valence-corrected chi connectivity index (χ0v) is 17.8. The molecule has 0 radical (unpaired) electrons. The van der Waals surface area contributed by atoms with Crippen LogP contribution in [0.4, 0.5) is 4.79 Å². The van der Waals surface area contributed by atoms with Crippen molar-refractivity contribution in [2.75, 3.05) is 39.0 Å². The molecule has 0 unspecified atom stereocenters. The van der Waals surface area contributed by atoms with Crippen molar-refractivity contribution in [3.8, 4) is 0 Å². The van der Waals surface area contributed by atoms with Gasteiger partial charge in [0.15, 0.2) is 0 Å². The van der Waals surface area contributed by atoms with Crippen LogP contribution in [0.3, 0.4) is 0 Å². The van der Waals surface area contributed by atoms with Crippen LogP contribution in [0.1, 0.15) is 35.3 Å². The number of rotatable bonds is 5. The summed E-state index contributed by atoms with van der Waals surface area (Å²) in [6.07, 6.45) is 1.30. The molecule has 1 aliphatic heterocycles. The predicted molar refractivity (Wildman–Crippen MR) is 105 cm³/mol. The molecule has 1 saturated heterocycles. The highest BCUT2D eigenvalue weighted by atomic mass is 32.2. The Balaban J connectivity index is 1.84. The third-order valence-corrected chi connectivity index (χ3v) is 5.69. The van der Waals surface area contributed by atoms with Crippen LogP contribution >= 0.6 is 11.3 Å². The quantitative estimate of drug-likeness (QED) is 0.784. The number of carbonyl (C=O) groups is 2. The first-order valence-corrected chi connectivity index (χ1v) is 11.5. The van der Waals surface area contributed by atoms with Crippen LogP contribution in [-0.2, 0) is 21.2 Å². The highest BCUT2D eigenvalue weighted by Gasteiger charge is 2.28. The van der Waals surface area contributed by atoms with E-state index in [1.807, 2.05) is 26.8 Å². The SMILES string of the molecule is CC(C)(C)OC(=O)N1CCN(C(=O)c2ccc(CCNS(C)(=O)=O)s2)CC1. The van der Waals surface area contributed by atoms with E-state index in [0.717, 1.165) is 11.1 Å². The first-order valence-electron chi connectivity index (χ1n) is 8.75. The summed E-state index contributed by atoms with van der Waals surface area (Å²) >= 11 is 1.37. The van der Waals surface area contributed by atoms with Crippen LogP contribution in [-0.4, -0.2) is 74.8 Å². The molecule has 1 aromatic rings. The molecule has 152 valence electrons. The minimum atomic E-state index is -3.21. The molecule has 1 aromatic heterocycles. The van der Waals surface area contributed by atoms with Crippen molar-refractivity contribution in [2.24, 2.45) is 0 Å². The zero-order valence-electron chi connectivity index (χ0n) is 16.1. The van der Waals surface area contributed by atoms with Crippen LogP contribution in [0.5, 0.6) is 0 Å². The van der Waals surface area contributed by atoms with Crippen molar-refractivity contribution < 1.29 is 22.7 Å². The maximum atomic E-state index is 12.6. The Kier molecular flexibility index (Phi) is 6.87. The molecule has 2 amide bonds. The van der Waals surface area contributed by atoms with Crippen LogP contribution in [0.25, 0.3) is 0 Å². The molecule has 8 nitrogen and oxygen atoms in total. The summed E-state index contributed by atoms with van der Waals surface area (Å²) in [6.45, 7) is 7.58. The smallest absolute Gasteiger partial charge is 0.410 e. The van der Waals surface area contributed by atoms with Gasteiger partial charge in [0.1, 0.15) is 5.60 Å². The lowest BCUT2D eigenvalue weighted by molar-refractivity contribution is 0.0141. The van der Waals surface area contributed by atoms with E-state index >= 15 is 0 Å². The van der Waals surface area contributed by atoms with Gasteiger partial charge in [0.25, 0.3) is 5.91 Å². The molecule has 2 heterocycles. The van der Waals surface area contributed by atoms with E-state index in [0.29, 0.717) is 44.0 Å². The Labute approximate surface area is 164 Å². The number of amides is 2. The van der Waals surface area contributed by atoms with E-state index in [4.69, 9.17) is 4.74 Å². The van der Waals surface area contributed by atoms with Gasteiger partial charge in [-0.05, 0) is 39.3 Å². The first-order chi connectivity index (χ1) is 12.4. The fraction of sp³-hybridized carbons (Fsp3) is 0.647. The molecular formula is C17H27N3O5S2. The number of hydrogen-bond acceptors (Lipinski definition) is 6.